The van der Waals surface area contributed by atoms with E-state index in [2.05, 4.69) is 30.5 Å². The molecule has 1 unspecified atom stereocenters. The first-order valence-corrected chi connectivity index (χ1v) is 6.34. The molecule has 17 heavy (non-hydrogen) atoms. The molecule has 1 aromatic heterocycles. The molecule has 2 aromatic rings. The van der Waals surface area contributed by atoms with Crippen molar-refractivity contribution in [3.05, 3.63) is 35.0 Å². The minimum absolute atomic E-state index is 0.126. The van der Waals surface area contributed by atoms with Crippen LogP contribution in [-0.4, -0.2) is 16.3 Å². The van der Waals surface area contributed by atoms with E-state index in [0.29, 0.717) is 6.04 Å². The van der Waals surface area contributed by atoms with Gasteiger partial charge in [0.2, 0.25) is 0 Å². The van der Waals surface area contributed by atoms with Crippen LogP contribution in [-0.2, 0) is 0 Å². The average molecular weight is 252 g/mol. The second kappa shape index (κ2) is 4.71. The highest BCUT2D eigenvalue weighted by molar-refractivity contribution is 6.35. The number of aliphatic hydroxyl groups is 1. The van der Waals surface area contributed by atoms with Crippen molar-refractivity contribution in [1.29, 1.82) is 0 Å². The van der Waals surface area contributed by atoms with Gasteiger partial charge >= 0.3 is 0 Å². The number of hydrogen-bond donors (Lipinski definition) is 1. The Morgan fingerprint density at radius 3 is 2.59 bits per heavy atom. The predicted octanol–water partition coefficient (Wildman–Crippen LogP) is 3.97. The van der Waals surface area contributed by atoms with Crippen molar-refractivity contribution in [1.82, 2.24) is 4.57 Å². The van der Waals surface area contributed by atoms with Crippen molar-refractivity contribution in [3.63, 3.8) is 0 Å². The molecule has 0 bridgehead atoms. The van der Waals surface area contributed by atoms with E-state index in [0.717, 1.165) is 21.6 Å². The maximum atomic E-state index is 9.34. The van der Waals surface area contributed by atoms with Gasteiger partial charge in [0.15, 0.2) is 0 Å². The lowest BCUT2D eigenvalue weighted by molar-refractivity contribution is 0.268. The minimum Gasteiger partial charge on any atom is -0.396 e. The van der Waals surface area contributed by atoms with E-state index in [-0.39, 0.29) is 12.5 Å². The van der Waals surface area contributed by atoms with E-state index in [4.69, 9.17) is 11.6 Å². The van der Waals surface area contributed by atoms with E-state index in [1.54, 1.807) is 0 Å². The van der Waals surface area contributed by atoms with Gasteiger partial charge in [-0.2, -0.15) is 0 Å². The van der Waals surface area contributed by atoms with E-state index in [1.807, 2.05) is 19.1 Å². The highest BCUT2D eigenvalue weighted by Crippen LogP contribution is 2.32. The summed E-state index contributed by atoms with van der Waals surface area (Å²) < 4.78 is 2.25. The summed E-state index contributed by atoms with van der Waals surface area (Å²) in [5, 5.41) is 11.2. The molecule has 0 aliphatic rings. The summed E-state index contributed by atoms with van der Waals surface area (Å²) in [4.78, 5) is 0. The van der Waals surface area contributed by atoms with Gasteiger partial charge in [-0.1, -0.05) is 24.6 Å². The van der Waals surface area contributed by atoms with Crippen LogP contribution in [0.3, 0.4) is 0 Å². The fourth-order valence-corrected chi connectivity index (χ4v) is 2.51. The Morgan fingerprint density at radius 1 is 1.29 bits per heavy atom. The Morgan fingerprint density at radius 2 is 2.00 bits per heavy atom. The Bertz CT molecular complexity index is 530. The molecule has 0 amide bonds. The maximum absolute atomic E-state index is 9.34. The monoisotopic (exact) mass is 251 g/mol. The number of nitrogens with zero attached hydrogens (tertiary/aromatic N) is 1. The van der Waals surface area contributed by atoms with Crippen molar-refractivity contribution >= 4 is 22.5 Å². The van der Waals surface area contributed by atoms with Crippen LogP contribution in [0.25, 0.3) is 10.9 Å². The van der Waals surface area contributed by atoms with Gasteiger partial charge in [-0.3, -0.25) is 0 Å². The second-order valence-corrected chi connectivity index (χ2v) is 5.20. The molecule has 3 heteroatoms. The van der Waals surface area contributed by atoms with Gasteiger partial charge in [-0.15, -0.1) is 0 Å². The van der Waals surface area contributed by atoms with Crippen LogP contribution in [0.5, 0.6) is 0 Å². The Balaban J connectivity index is 2.75. The van der Waals surface area contributed by atoms with Crippen LogP contribution in [0.15, 0.2) is 24.3 Å². The molecule has 0 saturated carbocycles. The first kappa shape index (κ1) is 12.5. The predicted molar refractivity (Wildman–Crippen MR) is 72.8 cm³/mol. The van der Waals surface area contributed by atoms with Crippen molar-refractivity contribution in [2.45, 2.75) is 32.7 Å². The number of halogens is 1. The molecule has 0 saturated heterocycles. The molecule has 0 radical (unpaired) electrons. The molecular formula is C14H18ClNO. The van der Waals surface area contributed by atoms with Gasteiger partial charge in [-0.25, -0.2) is 0 Å². The molecule has 0 fully saturated rings. The molecule has 92 valence electrons. The summed E-state index contributed by atoms with van der Waals surface area (Å²) in [5.41, 5.74) is 2.29. The molecule has 0 aliphatic carbocycles. The second-order valence-electron chi connectivity index (χ2n) is 4.79. The third kappa shape index (κ3) is 2.07. The lowest BCUT2D eigenvalue weighted by atomic mass is 10.1. The highest BCUT2D eigenvalue weighted by atomic mass is 35.5. The maximum Gasteiger partial charge on any atom is 0.0511 e. The molecule has 2 rings (SSSR count). The van der Waals surface area contributed by atoms with Gasteiger partial charge in [0.25, 0.3) is 0 Å². The minimum atomic E-state index is 0.126. The Hall–Kier alpha value is -0.990. The Labute approximate surface area is 107 Å². The summed E-state index contributed by atoms with van der Waals surface area (Å²) in [6.07, 6.45) is 0. The van der Waals surface area contributed by atoms with E-state index in [9.17, 15) is 5.11 Å². The number of hydrogen-bond acceptors (Lipinski definition) is 1. The summed E-state index contributed by atoms with van der Waals surface area (Å²) in [7, 11) is 0. The van der Waals surface area contributed by atoms with E-state index >= 15 is 0 Å². The molecule has 1 heterocycles. The summed E-state index contributed by atoms with van der Waals surface area (Å²) >= 11 is 6.22. The highest BCUT2D eigenvalue weighted by Gasteiger charge is 2.17. The largest absolute Gasteiger partial charge is 0.396 e. The van der Waals surface area contributed by atoms with Crippen molar-refractivity contribution < 1.29 is 5.11 Å². The van der Waals surface area contributed by atoms with Gasteiger partial charge in [-0.05, 0) is 32.0 Å². The van der Waals surface area contributed by atoms with Crippen LogP contribution >= 0.6 is 11.6 Å². The van der Waals surface area contributed by atoms with Crippen LogP contribution in [0.1, 0.15) is 38.4 Å². The van der Waals surface area contributed by atoms with Crippen molar-refractivity contribution in [2.75, 3.05) is 6.61 Å². The average Bonchev–Trinajstić information content (AvgIpc) is 2.68. The lowest BCUT2D eigenvalue weighted by Gasteiger charge is -2.17. The van der Waals surface area contributed by atoms with Crippen LogP contribution in [0.2, 0.25) is 5.02 Å². The summed E-state index contributed by atoms with van der Waals surface area (Å²) in [5.74, 6) is 0.126. The van der Waals surface area contributed by atoms with Gasteiger partial charge in [0, 0.05) is 33.6 Å². The topological polar surface area (TPSA) is 25.2 Å². The molecule has 1 N–H and O–H groups in total. The quantitative estimate of drug-likeness (QED) is 0.877. The molecule has 0 aliphatic heterocycles. The fraction of sp³-hybridized carbons (Fsp3) is 0.429. The standard InChI is InChI=1S/C14H18ClNO/c1-9(2)16-13-6-4-5-12(15)11(13)7-14(16)10(3)8-17/h4-7,9-10,17H,8H2,1-3H3. The number of rotatable bonds is 3. The first-order valence-electron chi connectivity index (χ1n) is 5.96. The molecule has 1 atom stereocenters. The van der Waals surface area contributed by atoms with E-state index in [1.165, 1.54) is 0 Å². The lowest BCUT2D eigenvalue weighted by Crippen LogP contribution is -2.10. The third-order valence-electron chi connectivity index (χ3n) is 3.15. The van der Waals surface area contributed by atoms with Gasteiger partial charge < -0.3 is 9.67 Å². The summed E-state index contributed by atoms with van der Waals surface area (Å²) in [6.45, 7) is 6.48. The number of benzene rings is 1. The smallest absolute Gasteiger partial charge is 0.0511 e. The zero-order valence-electron chi connectivity index (χ0n) is 10.4. The van der Waals surface area contributed by atoms with Crippen molar-refractivity contribution in [3.8, 4) is 0 Å². The van der Waals surface area contributed by atoms with Gasteiger partial charge in [0.1, 0.15) is 0 Å². The van der Waals surface area contributed by atoms with Crippen LogP contribution in [0, 0.1) is 0 Å². The Kier molecular flexibility index (Phi) is 3.45. The number of aromatic nitrogens is 1. The van der Waals surface area contributed by atoms with E-state index < -0.39 is 0 Å². The van der Waals surface area contributed by atoms with Crippen LogP contribution < -0.4 is 0 Å². The molecule has 2 nitrogen and oxygen atoms in total. The van der Waals surface area contributed by atoms with Crippen molar-refractivity contribution in [2.24, 2.45) is 0 Å². The van der Waals surface area contributed by atoms with Gasteiger partial charge in [0.05, 0.1) is 6.61 Å². The fourth-order valence-electron chi connectivity index (χ4n) is 2.28. The normalized spacial score (nSPS) is 13.5. The summed E-state index contributed by atoms with van der Waals surface area (Å²) in [6, 6.07) is 8.40. The number of aliphatic hydroxyl groups excluding tert-OH is 1. The SMILES string of the molecule is CC(CO)c1cc2c(Cl)cccc2n1C(C)C. The zero-order chi connectivity index (χ0) is 12.6. The number of fused-ring (bicyclic) bond motifs is 1. The zero-order valence-corrected chi connectivity index (χ0v) is 11.2. The molecular weight excluding hydrogens is 234 g/mol. The first-order chi connectivity index (χ1) is 8.06. The molecule has 0 spiro atoms. The van der Waals surface area contributed by atoms with Crippen LogP contribution in [0.4, 0.5) is 0 Å². The molecule has 1 aromatic carbocycles. The third-order valence-corrected chi connectivity index (χ3v) is 3.48.